The first-order valence-corrected chi connectivity index (χ1v) is 5.42. The molecule has 0 saturated carbocycles. The summed E-state index contributed by atoms with van der Waals surface area (Å²) < 4.78 is 5.53. The fourth-order valence-corrected chi connectivity index (χ4v) is 1.62. The summed E-state index contributed by atoms with van der Waals surface area (Å²) in [6, 6.07) is 11.3. The summed E-state index contributed by atoms with van der Waals surface area (Å²) >= 11 is 0. The third-order valence-electron chi connectivity index (χ3n) is 2.44. The van der Waals surface area contributed by atoms with E-state index in [4.69, 9.17) is 10.5 Å². The van der Waals surface area contributed by atoms with Crippen LogP contribution in [0, 0.1) is 0 Å². The second-order valence-electron chi connectivity index (χ2n) is 3.72. The first-order valence-electron chi connectivity index (χ1n) is 5.42. The average molecular weight is 238 g/mol. The minimum Gasteiger partial charge on any atom is -0.424 e. The largest absolute Gasteiger partial charge is 0.424 e. The monoisotopic (exact) mass is 238 g/mol. The Balaban J connectivity index is 1.95. The molecule has 0 radical (unpaired) electrons. The van der Waals surface area contributed by atoms with Gasteiger partial charge >= 0.3 is 6.01 Å². The Morgan fingerprint density at radius 1 is 1.00 bits per heavy atom. The molecule has 0 aliphatic heterocycles. The van der Waals surface area contributed by atoms with E-state index in [0.717, 1.165) is 10.9 Å². The van der Waals surface area contributed by atoms with Crippen LogP contribution in [0.25, 0.3) is 10.9 Å². The van der Waals surface area contributed by atoms with Gasteiger partial charge in [-0.3, -0.25) is 4.98 Å². The van der Waals surface area contributed by atoms with Gasteiger partial charge in [0.1, 0.15) is 11.6 Å². The minimum atomic E-state index is 0.227. The summed E-state index contributed by atoms with van der Waals surface area (Å²) in [4.78, 5) is 12.2. The molecule has 18 heavy (non-hydrogen) atoms. The van der Waals surface area contributed by atoms with Crippen molar-refractivity contribution in [2.24, 2.45) is 0 Å². The first-order chi connectivity index (χ1) is 8.81. The zero-order valence-corrected chi connectivity index (χ0v) is 9.45. The van der Waals surface area contributed by atoms with E-state index in [1.165, 1.54) is 0 Å². The fourth-order valence-electron chi connectivity index (χ4n) is 1.62. The smallest absolute Gasteiger partial charge is 0.323 e. The van der Waals surface area contributed by atoms with Gasteiger partial charge in [0.2, 0.25) is 0 Å². The quantitative estimate of drug-likeness (QED) is 0.742. The molecule has 88 valence electrons. The second-order valence-corrected chi connectivity index (χ2v) is 3.72. The first kappa shape index (κ1) is 10.5. The van der Waals surface area contributed by atoms with Gasteiger partial charge in [0.05, 0.1) is 5.52 Å². The zero-order chi connectivity index (χ0) is 12.4. The number of nitrogens with zero attached hydrogens (tertiary/aromatic N) is 3. The molecule has 2 aromatic heterocycles. The molecule has 3 aromatic rings. The molecule has 0 spiro atoms. The molecule has 0 aliphatic rings. The van der Waals surface area contributed by atoms with Crippen molar-refractivity contribution in [1.82, 2.24) is 15.0 Å². The van der Waals surface area contributed by atoms with Gasteiger partial charge in [-0.15, -0.1) is 0 Å². The summed E-state index contributed by atoms with van der Waals surface area (Å²) in [5, 5.41) is 1.05. The summed E-state index contributed by atoms with van der Waals surface area (Å²) in [7, 11) is 0. The number of hydrogen-bond donors (Lipinski definition) is 1. The van der Waals surface area contributed by atoms with E-state index in [9.17, 15) is 0 Å². The number of aromatic nitrogens is 3. The molecule has 2 heterocycles. The maximum absolute atomic E-state index is 5.56. The van der Waals surface area contributed by atoms with Crippen molar-refractivity contribution < 1.29 is 4.74 Å². The highest BCUT2D eigenvalue weighted by Crippen LogP contribution is 2.22. The van der Waals surface area contributed by atoms with Crippen molar-refractivity contribution in [2.45, 2.75) is 0 Å². The molecule has 0 fully saturated rings. The van der Waals surface area contributed by atoms with E-state index >= 15 is 0 Å². The Morgan fingerprint density at radius 3 is 2.83 bits per heavy atom. The number of pyridine rings is 1. The molecule has 0 saturated heterocycles. The molecule has 5 nitrogen and oxygen atoms in total. The Hall–Kier alpha value is -2.69. The van der Waals surface area contributed by atoms with Crippen molar-refractivity contribution in [1.29, 1.82) is 0 Å². The SMILES string of the molecule is Nc1ccnc(Oc2ccc3cccnc3c2)n1. The molecule has 2 N–H and O–H groups in total. The van der Waals surface area contributed by atoms with Crippen LogP contribution in [-0.4, -0.2) is 15.0 Å². The van der Waals surface area contributed by atoms with E-state index in [1.54, 1.807) is 18.5 Å². The van der Waals surface area contributed by atoms with Crippen LogP contribution >= 0.6 is 0 Å². The van der Waals surface area contributed by atoms with Crippen LogP contribution in [0.5, 0.6) is 11.8 Å². The molecule has 0 amide bonds. The van der Waals surface area contributed by atoms with Crippen LogP contribution in [0.2, 0.25) is 0 Å². The predicted octanol–water partition coefficient (Wildman–Crippen LogP) is 2.40. The number of anilines is 1. The van der Waals surface area contributed by atoms with Gasteiger partial charge in [-0.2, -0.15) is 4.98 Å². The zero-order valence-electron chi connectivity index (χ0n) is 9.45. The van der Waals surface area contributed by atoms with Crippen molar-refractivity contribution >= 4 is 16.7 Å². The molecule has 0 unspecified atom stereocenters. The van der Waals surface area contributed by atoms with E-state index in [0.29, 0.717) is 11.6 Å². The summed E-state index contributed by atoms with van der Waals surface area (Å²) in [6.07, 6.45) is 3.29. The summed E-state index contributed by atoms with van der Waals surface area (Å²) in [5.41, 5.74) is 6.42. The Kier molecular flexibility index (Phi) is 2.49. The third-order valence-corrected chi connectivity index (χ3v) is 2.44. The van der Waals surface area contributed by atoms with Crippen molar-refractivity contribution in [3.05, 3.63) is 48.8 Å². The lowest BCUT2D eigenvalue weighted by atomic mass is 10.2. The van der Waals surface area contributed by atoms with Gasteiger partial charge in [0, 0.05) is 23.8 Å². The second kappa shape index (κ2) is 4.29. The highest BCUT2D eigenvalue weighted by Gasteiger charge is 2.02. The number of rotatable bonds is 2. The molecule has 5 heteroatoms. The molecule has 3 rings (SSSR count). The topological polar surface area (TPSA) is 73.9 Å². The number of hydrogen-bond acceptors (Lipinski definition) is 5. The molecule has 0 bridgehead atoms. The molecule has 1 aromatic carbocycles. The van der Waals surface area contributed by atoms with Gasteiger partial charge in [-0.25, -0.2) is 4.98 Å². The molecule has 0 atom stereocenters. The van der Waals surface area contributed by atoms with Crippen LogP contribution in [0.15, 0.2) is 48.8 Å². The van der Waals surface area contributed by atoms with E-state index in [1.807, 2.05) is 30.3 Å². The molecule has 0 aliphatic carbocycles. The minimum absolute atomic E-state index is 0.227. The lowest BCUT2D eigenvalue weighted by molar-refractivity contribution is 0.443. The predicted molar refractivity (Wildman–Crippen MR) is 68.3 cm³/mol. The fraction of sp³-hybridized carbons (Fsp3) is 0. The van der Waals surface area contributed by atoms with Crippen LogP contribution in [0.3, 0.4) is 0 Å². The van der Waals surface area contributed by atoms with Crippen molar-refractivity contribution in [3.8, 4) is 11.8 Å². The lowest BCUT2D eigenvalue weighted by Gasteiger charge is -2.04. The van der Waals surface area contributed by atoms with Crippen LogP contribution < -0.4 is 10.5 Å². The van der Waals surface area contributed by atoms with Crippen molar-refractivity contribution in [3.63, 3.8) is 0 Å². The highest BCUT2D eigenvalue weighted by atomic mass is 16.5. The molecular weight excluding hydrogens is 228 g/mol. The number of nitrogens with two attached hydrogens (primary N) is 1. The Labute approximate surface area is 103 Å². The Morgan fingerprint density at radius 2 is 1.94 bits per heavy atom. The Bertz CT molecular complexity index is 699. The van der Waals surface area contributed by atoms with E-state index in [2.05, 4.69) is 15.0 Å². The van der Waals surface area contributed by atoms with E-state index < -0.39 is 0 Å². The third kappa shape index (κ3) is 2.06. The standard InChI is InChI=1S/C13H10N4O/c14-12-5-7-16-13(17-12)18-10-4-3-9-2-1-6-15-11(9)8-10/h1-8H,(H2,14,16,17). The average Bonchev–Trinajstić information content (AvgIpc) is 2.39. The van der Waals surface area contributed by atoms with Gasteiger partial charge in [-0.1, -0.05) is 6.07 Å². The summed E-state index contributed by atoms with van der Waals surface area (Å²) in [5.74, 6) is 1.01. The normalized spacial score (nSPS) is 10.4. The van der Waals surface area contributed by atoms with Gasteiger partial charge < -0.3 is 10.5 Å². The van der Waals surface area contributed by atoms with E-state index in [-0.39, 0.29) is 6.01 Å². The maximum atomic E-state index is 5.56. The van der Waals surface area contributed by atoms with Gasteiger partial charge in [0.15, 0.2) is 0 Å². The summed E-state index contributed by atoms with van der Waals surface area (Å²) in [6.45, 7) is 0. The van der Waals surface area contributed by atoms with Crippen LogP contribution in [0.4, 0.5) is 5.82 Å². The number of fused-ring (bicyclic) bond motifs is 1. The number of benzene rings is 1. The maximum Gasteiger partial charge on any atom is 0.323 e. The number of ether oxygens (including phenoxy) is 1. The van der Waals surface area contributed by atoms with Crippen LogP contribution in [0.1, 0.15) is 0 Å². The van der Waals surface area contributed by atoms with Crippen molar-refractivity contribution in [2.75, 3.05) is 5.73 Å². The lowest BCUT2D eigenvalue weighted by Crippen LogP contribution is -1.95. The van der Waals surface area contributed by atoms with Crippen LogP contribution in [-0.2, 0) is 0 Å². The number of nitrogen functional groups attached to an aromatic ring is 1. The highest BCUT2D eigenvalue weighted by molar-refractivity contribution is 5.79. The van der Waals surface area contributed by atoms with Gasteiger partial charge in [-0.05, 0) is 24.3 Å². The molecular formula is C13H10N4O. The van der Waals surface area contributed by atoms with Gasteiger partial charge in [0.25, 0.3) is 0 Å².